The standard InChI is InChI=1S/C14H18N2O4S/c1-21(19,20)11-4-2-10(3-5-11)8-9-15-14(18)12-6-7-13(17)16-12/h2-5,12H,6-9H2,1H3,(H,15,18)(H,16,17). The van der Waals surface area contributed by atoms with Crippen LogP contribution in [0.15, 0.2) is 29.2 Å². The molecule has 1 fully saturated rings. The molecule has 7 heteroatoms. The minimum absolute atomic E-state index is 0.0912. The van der Waals surface area contributed by atoms with E-state index < -0.39 is 15.9 Å². The maximum atomic E-state index is 11.8. The van der Waals surface area contributed by atoms with Crippen molar-refractivity contribution in [2.75, 3.05) is 12.8 Å². The third-order valence-electron chi connectivity index (χ3n) is 3.38. The molecular formula is C14H18N2O4S. The summed E-state index contributed by atoms with van der Waals surface area (Å²) in [6.07, 6.45) is 2.70. The summed E-state index contributed by atoms with van der Waals surface area (Å²) < 4.78 is 22.7. The van der Waals surface area contributed by atoms with Crippen LogP contribution in [0.1, 0.15) is 18.4 Å². The van der Waals surface area contributed by atoms with Gasteiger partial charge in [0.1, 0.15) is 6.04 Å². The van der Waals surface area contributed by atoms with Crippen molar-refractivity contribution in [2.24, 2.45) is 0 Å². The topological polar surface area (TPSA) is 92.3 Å². The van der Waals surface area contributed by atoms with E-state index in [1.54, 1.807) is 24.3 Å². The van der Waals surface area contributed by atoms with E-state index in [-0.39, 0.29) is 16.7 Å². The van der Waals surface area contributed by atoms with Crippen LogP contribution < -0.4 is 10.6 Å². The lowest BCUT2D eigenvalue weighted by Crippen LogP contribution is -2.42. The van der Waals surface area contributed by atoms with E-state index in [2.05, 4.69) is 10.6 Å². The van der Waals surface area contributed by atoms with Crippen LogP contribution in [0.25, 0.3) is 0 Å². The van der Waals surface area contributed by atoms with Crippen molar-refractivity contribution in [2.45, 2.75) is 30.2 Å². The smallest absolute Gasteiger partial charge is 0.242 e. The van der Waals surface area contributed by atoms with E-state index in [9.17, 15) is 18.0 Å². The predicted molar refractivity (Wildman–Crippen MR) is 77.4 cm³/mol. The van der Waals surface area contributed by atoms with Crippen LogP contribution in [0.2, 0.25) is 0 Å². The van der Waals surface area contributed by atoms with Crippen molar-refractivity contribution in [1.29, 1.82) is 0 Å². The highest BCUT2D eigenvalue weighted by Gasteiger charge is 2.26. The van der Waals surface area contributed by atoms with Crippen LogP contribution in [-0.2, 0) is 25.8 Å². The molecule has 0 aliphatic carbocycles. The molecule has 0 aromatic heterocycles. The number of amides is 2. The monoisotopic (exact) mass is 310 g/mol. The third kappa shape index (κ3) is 4.29. The molecule has 2 N–H and O–H groups in total. The summed E-state index contributed by atoms with van der Waals surface area (Å²) in [5, 5.41) is 5.38. The highest BCUT2D eigenvalue weighted by molar-refractivity contribution is 7.90. The maximum absolute atomic E-state index is 11.8. The molecule has 1 aromatic rings. The Morgan fingerprint density at radius 3 is 2.52 bits per heavy atom. The molecule has 6 nitrogen and oxygen atoms in total. The zero-order valence-electron chi connectivity index (χ0n) is 11.8. The highest BCUT2D eigenvalue weighted by Crippen LogP contribution is 2.10. The molecule has 1 unspecified atom stereocenters. The van der Waals surface area contributed by atoms with Gasteiger partial charge in [0.2, 0.25) is 11.8 Å². The number of carbonyl (C=O) groups is 2. The highest BCUT2D eigenvalue weighted by atomic mass is 32.2. The number of nitrogens with one attached hydrogen (secondary N) is 2. The zero-order chi connectivity index (χ0) is 15.5. The van der Waals surface area contributed by atoms with E-state index in [0.29, 0.717) is 25.8 Å². The maximum Gasteiger partial charge on any atom is 0.242 e. The van der Waals surface area contributed by atoms with Crippen molar-refractivity contribution < 1.29 is 18.0 Å². The van der Waals surface area contributed by atoms with Crippen LogP contribution in [0, 0.1) is 0 Å². The summed E-state index contributed by atoms with van der Waals surface area (Å²) in [5.41, 5.74) is 0.943. The molecule has 21 heavy (non-hydrogen) atoms. The van der Waals surface area contributed by atoms with Gasteiger partial charge in [0.05, 0.1) is 4.90 Å². The Balaban J connectivity index is 1.81. The summed E-state index contributed by atoms with van der Waals surface area (Å²) >= 11 is 0. The molecule has 1 heterocycles. The number of sulfone groups is 1. The van der Waals surface area contributed by atoms with E-state index >= 15 is 0 Å². The lowest BCUT2D eigenvalue weighted by atomic mass is 10.1. The van der Waals surface area contributed by atoms with E-state index in [1.807, 2.05) is 0 Å². The second-order valence-corrected chi connectivity index (χ2v) is 7.13. The van der Waals surface area contributed by atoms with E-state index in [1.165, 1.54) is 0 Å². The SMILES string of the molecule is CS(=O)(=O)c1ccc(CCNC(=O)C2CCC(=O)N2)cc1. The number of hydrogen-bond acceptors (Lipinski definition) is 4. The van der Waals surface area contributed by atoms with Crippen molar-refractivity contribution >= 4 is 21.7 Å². The van der Waals surface area contributed by atoms with Crippen molar-refractivity contribution in [1.82, 2.24) is 10.6 Å². The molecule has 0 radical (unpaired) electrons. The molecular weight excluding hydrogens is 292 g/mol. The predicted octanol–water partition coefficient (Wildman–Crippen LogP) is 0.0274. The van der Waals surface area contributed by atoms with Crippen LogP contribution in [-0.4, -0.2) is 39.1 Å². The van der Waals surface area contributed by atoms with Crippen LogP contribution in [0.4, 0.5) is 0 Å². The fourth-order valence-electron chi connectivity index (χ4n) is 2.17. The van der Waals surface area contributed by atoms with Gasteiger partial charge in [0.15, 0.2) is 9.84 Å². The first-order valence-electron chi connectivity index (χ1n) is 6.72. The van der Waals surface area contributed by atoms with Gasteiger partial charge in [-0.3, -0.25) is 9.59 Å². The molecule has 0 bridgehead atoms. The van der Waals surface area contributed by atoms with E-state index in [0.717, 1.165) is 11.8 Å². The van der Waals surface area contributed by atoms with Gasteiger partial charge in [-0.1, -0.05) is 12.1 Å². The Kier molecular flexibility index (Phi) is 4.62. The molecule has 1 aromatic carbocycles. The van der Waals surface area contributed by atoms with Gasteiger partial charge in [0, 0.05) is 19.2 Å². The Labute approximate surface area is 123 Å². The van der Waals surface area contributed by atoms with Crippen LogP contribution in [0.5, 0.6) is 0 Å². The zero-order valence-corrected chi connectivity index (χ0v) is 12.6. The summed E-state index contributed by atoms with van der Waals surface area (Å²) in [7, 11) is -3.18. The van der Waals surface area contributed by atoms with Crippen LogP contribution in [0.3, 0.4) is 0 Å². The number of carbonyl (C=O) groups excluding carboxylic acids is 2. The summed E-state index contributed by atoms with van der Waals surface area (Å²) in [6, 6.07) is 6.16. The fourth-order valence-corrected chi connectivity index (χ4v) is 2.80. The Morgan fingerprint density at radius 1 is 1.33 bits per heavy atom. The molecule has 0 spiro atoms. The molecule has 1 saturated heterocycles. The minimum Gasteiger partial charge on any atom is -0.354 e. The molecule has 2 rings (SSSR count). The van der Waals surface area contributed by atoms with Gasteiger partial charge in [-0.25, -0.2) is 8.42 Å². The summed E-state index contributed by atoms with van der Waals surface area (Å²) in [4.78, 5) is 23.1. The van der Waals surface area contributed by atoms with Gasteiger partial charge in [0.25, 0.3) is 0 Å². The van der Waals surface area contributed by atoms with Crippen molar-refractivity contribution in [3.05, 3.63) is 29.8 Å². The van der Waals surface area contributed by atoms with Crippen molar-refractivity contribution in [3.63, 3.8) is 0 Å². The second-order valence-electron chi connectivity index (χ2n) is 5.12. The molecule has 2 amide bonds. The average molecular weight is 310 g/mol. The molecule has 0 saturated carbocycles. The first-order valence-corrected chi connectivity index (χ1v) is 8.61. The first-order chi connectivity index (χ1) is 9.86. The Morgan fingerprint density at radius 2 is 2.00 bits per heavy atom. The largest absolute Gasteiger partial charge is 0.354 e. The lowest BCUT2D eigenvalue weighted by Gasteiger charge is -2.10. The lowest BCUT2D eigenvalue weighted by molar-refractivity contribution is -0.125. The number of benzene rings is 1. The summed E-state index contributed by atoms with van der Waals surface area (Å²) in [6.45, 7) is 0.448. The molecule has 114 valence electrons. The number of rotatable bonds is 5. The van der Waals surface area contributed by atoms with Gasteiger partial charge < -0.3 is 10.6 Å². The van der Waals surface area contributed by atoms with Gasteiger partial charge in [-0.2, -0.15) is 0 Å². The second kappa shape index (κ2) is 6.26. The minimum atomic E-state index is -3.18. The quantitative estimate of drug-likeness (QED) is 0.802. The molecule has 1 atom stereocenters. The van der Waals surface area contributed by atoms with E-state index in [4.69, 9.17) is 0 Å². The summed E-state index contributed by atoms with van der Waals surface area (Å²) in [5.74, 6) is -0.264. The fraction of sp³-hybridized carbons (Fsp3) is 0.429. The average Bonchev–Trinajstić information content (AvgIpc) is 2.85. The van der Waals surface area contributed by atoms with Gasteiger partial charge in [-0.15, -0.1) is 0 Å². The Bertz CT molecular complexity index is 637. The Hall–Kier alpha value is -1.89. The first kappa shape index (κ1) is 15.5. The third-order valence-corrected chi connectivity index (χ3v) is 4.50. The van der Waals surface area contributed by atoms with Gasteiger partial charge >= 0.3 is 0 Å². The van der Waals surface area contributed by atoms with Gasteiger partial charge in [-0.05, 0) is 30.5 Å². The molecule has 1 aliphatic heterocycles. The van der Waals surface area contributed by atoms with Crippen LogP contribution >= 0.6 is 0 Å². The molecule has 1 aliphatic rings. The normalized spacial score (nSPS) is 18.3. The number of hydrogen-bond donors (Lipinski definition) is 2. The van der Waals surface area contributed by atoms with Crippen molar-refractivity contribution in [3.8, 4) is 0 Å².